The molecule has 0 N–H and O–H groups in total. The van der Waals surface area contributed by atoms with Crippen molar-refractivity contribution in [1.82, 2.24) is 4.90 Å². The fraction of sp³-hybridized carbons (Fsp3) is 0.250. The van der Waals surface area contributed by atoms with Gasteiger partial charge in [-0.15, -0.1) is 0 Å². The molecule has 2 amide bonds. The Morgan fingerprint density at radius 1 is 0.969 bits per heavy atom. The van der Waals surface area contributed by atoms with Gasteiger partial charge in [-0.3, -0.25) is 19.7 Å². The van der Waals surface area contributed by atoms with Gasteiger partial charge in [-0.05, 0) is 48.8 Å². The summed E-state index contributed by atoms with van der Waals surface area (Å²) in [6, 6.07) is 14.3. The number of ether oxygens (including phenoxy) is 1. The van der Waals surface area contributed by atoms with Gasteiger partial charge >= 0.3 is 0 Å². The van der Waals surface area contributed by atoms with E-state index in [1.165, 1.54) is 12.1 Å². The Balaban J connectivity index is 1.63. The Hall–Kier alpha value is -3.78. The van der Waals surface area contributed by atoms with Crippen LogP contribution in [0.4, 0.5) is 11.4 Å². The molecule has 3 aromatic carbocycles. The van der Waals surface area contributed by atoms with E-state index in [4.69, 9.17) is 4.74 Å². The van der Waals surface area contributed by atoms with Crippen molar-refractivity contribution >= 4 is 34.0 Å². The number of benzene rings is 3. The summed E-state index contributed by atoms with van der Waals surface area (Å²) in [6.07, 6.45) is 0. The standard InChI is InChI=1S/C24H23N3O5/c1-3-25(4-2)12-13-32-19-10-8-17(9-11-19)26-23(28)20-7-5-6-16-14-18(27(30)31)15-21(22(16)20)24(26)29/h5-11,14-15H,3-4,12-13H2,1-2H3. The molecule has 0 aliphatic carbocycles. The van der Waals surface area contributed by atoms with Gasteiger partial charge < -0.3 is 9.64 Å². The maximum Gasteiger partial charge on any atom is 0.270 e. The highest BCUT2D eigenvalue weighted by molar-refractivity contribution is 6.36. The number of non-ortho nitro benzene ring substituents is 1. The number of rotatable bonds is 8. The second kappa shape index (κ2) is 8.76. The maximum atomic E-state index is 13.2. The topological polar surface area (TPSA) is 93.0 Å². The Bertz CT molecular complexity index is 1200. The fourth-order valence-corrected chi connectivity index (χ4v) is 3.96. The Morgan fingerprint density at radius 2 is 1.66 bits per heavy atom. The lowest BCUT2D eigenvalue weighted by molar-refractivity contribution is -0.384. The van der Waals surface area contributed by atoms with E-state index in [-0.39, 0.29) is 11.3 Å². The van der Waals surface area contributed by atoms with Gasteiger partial charge in [-0.1, -0.05) is 26.0 Å². The Kier molecular flexibility index (Phi) is 5.87. The fourth-order valence-electron chi connectivity index (χ4n) is 3.96. The first-order valence-corrected chi connectivity index (χ1v) is 10.5. The highest BCUT2D eigenvalue weighted by Crippen LogP contribution is 2.35. The quantitative estimate of drug-likeness (QED) is 0.299. The lowest BCUT2D eigenvalue weighted by Crippen LogP contribution is -2.40. The first kappa shape index (κ1) is 21.5. The van der Waals surface area contributed by atoms with Crippen LogP contribution in [0.15, 0.2) is 54.6 Å². The van der Waals surface area contributed by atoms with E-state index >= 15 is 0 Å². The minimum absolute atomic E-state index is 0.143. The number of nitro benzene ring substituents is 1. The maximum absolute atomic E-state index is 13.2. The van der Waals surface area contributed by atoms with Crippen LogP contribution in [0.3, 0.4) is 0 Å². The van der Waals surface area contributed by atoms with Crippen LogP contribution < -0.4 is 9.64 Å². The van der Waals surface area contributed by atoms with Gasteiger partial charge in [0.1, 0.15) is 12.4 Å². The van der Waals surface area contributed by atoms with E-state index in [0.29, 0.717) is 34.4 Å². The molecule has 0 aromatic heterocycles. The number of hydrogen-bond donors (Lipinski definition) is 0. The average Bonchev–Trinajstić information content (AvgIpc) is 2.80. The number of hydrogen-bond acceptors (Lipinski definition) is 6. The number of likely N-dealkylation sites (N-methyl/N-ethyl adjacent to an activating group) is 1. The molecule has 0 spiro atoms. The van der Waals surface area contributed by atoms with Crippen molar-refractivity contribution in [2.24, 2.45) is 0 Å². The summed E-state index contributed by atoms with van der Waals surface area (Å²) in [7, 11) is 0. The van der Waals surface area contributed by atoms with Crippen LogP contribution in [0.1, 0.15) is 34.6 Å². The van der Waals surface area contributed by atoms with Gasteiger partial charge in [0, 0.05) is 29.6 Å². The third-order valence-corrected chi connectivity index (χ3v) is 5.71. The van der Waals surface area contributed by atoms with Gasteiger partial charge in [0.15, 0.2) is 0 Å². The highest BCUT2D eigenvalue weighted by Gasteiger charge is 2.35. The molecule has 0 radical (unpaired) electrons. The molecule has 1 heterocycles. The third-order valence-electron chi connectivity index (χ3n) is 5.71. The molecule has 8 heteroatoms. The minimum Gasteiger partial charge on any atom is -0.492 e. The molecule has 0 saturated carbocycles. The molecular weight excluding hydrogens is 410 g/mol. The number of nitro groups is 1. The third kappa shape index (κ3) is 3.80. The lowest BCUT2D eigenvalue weighted by Gasteiger charge is -2.27. The summed E-state index contributed by atoms with van der Waals surface area (Å²) in [5, 5.41) is 12.3. The van der Waals surface area contributed by atoms with E-state index in [0.717, 1.165) is 24.5 Å². The first-order valence-electron chi connectivity index (χ1n) is 10.5. The molecular formula is C24H23N3O5. The summed E-state index contributed by atoms with van der Waals surface area (Å²) < 4.78 is 5.78. The van der Waals surface area contributed by atoms with Gasteiger partial charge in [0.25, 0.3) is 17.5 Å². The molecule has 32 heavy (non-hydrogen) atoms. The summed E-state index contributed by atoms with van der Waals surface area (Å²) >= 11 is 0. The molecule has 1 aliphatic rings. The summed E-state index contributed by atoms with van der Waals surface area (Å²) in [5.41, 5.74) is 0.671. The molecule has 164 valence electrons. The van der Waals surface area contributed by atoms with Crippen molar-refractivity contribution < 1.29 is 19.2 Å². The normalized spacial score (nSPS) is 13.2. The summed E-state index contributed by atoms with van der Waals surface area (Å²) in [5.74, 6) is -0.411. The van der Waals surface area contributed by atoms with Crippen molar-refractivity contribution in [3.8, 4) is 5.75 Å². The molecule has 0 bridgehead atoms. The Labute approximate surface area is 185 Å². The second-order valence-electron chi connectivity index (χ2n) is 7.47. The first-order chi connectivity index (χ1) is 15.4. The van der Waals surface area contributed by atoms with Gasteiger partial charge in [0.05, 0.1) is 16.2 Å². The number of imide groups is 1. The molecule has 4 rings (SSSR count). The SMILES string of the molecule is CCN(CC)CCOc1ccc(N2C(=O)c3cccc4cc([N+](=O)[O-])cc(c34)C2=O)cc1. The number of amides is 2. The highest BCUT2D eigenvalue weighted by atomic mass is 16.6. The zero-order valence-electron chi connectivity index (χ0n) is 17.9. The van der Waals surface area contributed by atoms with E-state index in [1.54, 1.807) is 42.5 Å². The van der Waals surface area contributed by atoms with Crippen LogP contribution in [-0.2, 0) is 0 Å². The van der Waals surface area contributed by atoms with Crippen molar-refractivity contribution in [2.45, 2.75) is 13.8 Å². The van der Waals surface area contributed by atoms with Crippen molar-refractivity contribution in [3.63, 3.8) is 0 Å². The molecule has 8 nitrogen and oxygen atoms in total. The number of carbonyl (C=O) groups excluding carboxylic acids is 2. The summed E-state index contributed by atoms with van der Waals surface area (Å²) in [4.78, 5) is 40.5. The predicted octanol–water partition coefficient (Wildman–Crippen LogP) is 4.27. The van der Waals surface area contributed by atoms with Crippen molar-refractivity contribution in [3.05, 3.63) is 75.8 Å². The van der Waals surface area contributed by atoms with Crippen molar-refractivity contribution in [2.75, 3.05) is 31.1 Å². The zero-order valence-corrected chi connectivity index (χ0v) is 17.9. The zero-order chi connectivity index (χ0) is 22.8. The van der Waals surface area contributed by atoms with E-state index < -0.39 is 16.7 Å². The number of carbonyl (C=O) groups is 2. The largest absolute Gasteiger partial charge is 0.492 e. The second-order valence-corrected chi connectivity index (χ2v) is 7.47. The van der Waals surface area contributed by atoms with Gasteiger partial charge in [-0.2, -0.15) is 0 Å². The monoisotopic (exact) mass is 433 g/mol. The molecule has 0 atom stereocenters. The van der Waals surface area contributed by atoms with E-state index in [1.807, 2.05) is 0 Å². The smallest absolute Gasteiger partial charge is 0.270 e. The molecule has 0 saturated heterocycles. The predicted molar refractivity (Wildman–Crippen MR) is 121 cm³/mol. The van der Waals surface area contributed by atoms with Crippen LogP contribution in [0.2, 0.25) is 0 Å². The molecule has 0 fully saturated rings. The van der Waals surface area contributed by atoms with Crippen LogP contribution >= 0.6 is 0 Å². The molecule has 1 aliphatic heterocycles. The Morgan fingerprint density at radius 3 is 2.31 bits per heavy atom. The number of anilines is 1. The molecule has 0 unspecified atom stereocenters. The number of nitrogens with zero attached hydrogens (tertiary/aromatic N) is 3. The summed E-state index contributed by atoms with van der Waals surface area (Å²) in [6.45, 7) is 7.42. The lowest BCUT2D eigenvalue weighted by atomic mass is 9.93. The van der Waals surface area contributed by atoms with Gasteiger partial charge in [0.2, 0.25) is 0 Å². The van der Waals surface area contributed by atoms with Crippen LogP contribution in [0, 0.1) is 10.1 Å². The van der Waals surface area contributed by atoms with E-state index in [2.05, 4.69) is 18.7 Å². The van der Waals surface area contributed by atoms with Gasteiger partial charge in [-0.25, -0.2) is 4.90 Å². The van der Waals surface area contributed by atoms with Crippen LogP contribution in [0.25, 0.3) is 10.8 Å². The average molecular weight is 433 g/mol. The minimum atomic E-state index is -0.586. The van der Waals surface area contributed by atoms with Crippen LogP contribution in [0.5, 0.6) is 5.75 Å². The van der Waals surface area contributed by atoms with Crippen molar-refractivity contribution in [1.29, 1.82) is 0 Å². The molecule has 3 aromatic rings. The van der Waals surface area contributed by atoms with E-state index in [9.17, 15) is 19.7 Å². The van der Waals surface area contributed by atoms with Crippen LogP contribution in [-0.4, -0.2) is 47.9 Å².